The van der Waals surface area contributed by atoms with Gasteiger partial charge in [-0.1, -0.05) is 0 Å². The fourth-order valence-electron chi connectivity index (χ4n) is 2.70. The van der Waals surface area contributed by atoms with Crippen molar-refractivity contribution in [3.05, 3.63) is 55.0 Å². The summed E-state index contributed by atoms with van der Waals surface area (Å²) >= 11 is 0. The normalized spacial score (nSPS) is 12.4. The number of hydrogen-bond acceptors (Lipinski definition) is 7. The molecule has 9 nitrogen and oxygen atoms in total. The topological polar surface area (TPSA) is 130 Å². The van der Waals surface area contributed by atoms with Crippen molar-refractivity contribution < 1.29 is 5.11 Å². The minimum atomic E-state index is -0.0270. The van der Waals surface area contributed by atoms with Crippen LogP contribution in [-0.4, -0.2) is 48.8 Å². The van der Waals surface area contributed by atoms with Gasteiger partial charge in [-0.05, 0) is 12.1 Å². The van der Waals surface area contributed by atoms with Gasteiger partial charge in [0.1, 0.15) is 0 Å². The molecule has 4 aromatic rings. The van der Waals surface area contributed by atoms with Crippen LogP contribution in [0.2, 0.25) is 0 Å². The summed E-state index contributed by atoms with van der Waals surface area (Å²) in [6.45, 7) is 0.272. The molecule has 4 heterocycles. The number of allylic oxidation sites excluding steroid dienone is 1. The van der Waals surface area contributed by atoms with E-state index in [0.29, 0.717) is 23.7 Å². The summed E-state index contributed by atoms with van der Waals surface area (Å²) in [5.41, 5.74) is 10.3. The van der Waals surface area contributed by atoms with Crippen molar-refractivity contribution in [1.82, 2.24) is 24.3 Å². The van der Waals surface area contributed by atoms with Crippen LogP contribution in [-0.2, 0) is 0 Å². The molecular formula is C18H18N8O. The summed E-state index contributed by atoms with van der Waals surface area (Å²) < 4.78 is 1.88. The maximum Gasteiger partial charge on any atom is 0.180 e. The molecular weight excluding hydrogens is 344 g/mol. The molecule has 5 N–H and O–H groups in total. The van der Waals surface area contributed by atoms with Gasteiger partial charge < -0.3 is 25.5 Å². The van der Waals surface area contributed by atoms with Gasteiger partial charge >= 0.3 is 0 Å². The Hall–Kier alpha value is -3.72. The number of hydrogen-bond donors (Lipinski definition) is 4. The van der Waals surface area contributed by atoms with E-state index in [2.05, 4.69) is 25.3 Å². The molecule has 4 aromatic heterocycles. The predicted octanol–water partition coefficient (Wildman–Crippen LogP) is 1.55. The number of rotatable bonds is 6. The van der Waals surface area contributed by atoms with E-state index < -0.39 is 0 Å². The molecule has 0 amide bonds. The number of aliphatic hydroxyl groups excluding tert-OH is 1. The lowest BCUT2D eigenvalue weighted by atomic mass is 10.2. The molecule has 136 valence electrons. The van der Waals surface area contributed by atoms with Gasteiger partial charge in [0.25, 0.3) is 0 Å². The fourth-order valence-corrected chi connectivity index (χ4v) is 2.70. The molecule has 0 fully saturated rings. The smallest absolute Gasteiger partial charge is 0.180 e. The Morgan fingerprint density at radius 1 is 1.41 bits per heavy atom. The molecule has 0 saturated carbocycles. The molecule has 0 atom stereocenters. The van der Waals surface area contributed by atoms with Crippen molar-refractivity contribution in [1.29, 1.82) is 0 Å². The zero-order chi connectivity index (χ0) is 18.6. The maximum absolute atomic E-state index is 8.86. The second-order valence-electron chi connectivity index (χ2n) is 5.77. The van der Waals surface area contributed by atoms with Crippen LogP contribution in [0.1, 0.15) is 0 Å². The number of anilines is 1. The van der Waals surface area contributed by atoms with Crippen LogP contribution in [0.4, 0.5) is 5.82 Å². The Balaban J connectivity index is 1.75. The van der Waals surface area contributed by atoms with E-state index >= 15 is 0 Å². The van der Waals surface area contributed by atoms with Crippen LogP contribution >= 0.6 is 0 Å². The maximum atomic E-state index is 8.86. The Morgan fingerprint density at radius 2 is 2.33 bits per heavy atom. The van der Waals surface area contributed by atoms with Crippen LogP contribution in [0.25, 0.3) is 27.9 Å². The van der Waals surface area contributed by atoms with E-state index in [-0.39, 0.29) is 6.61 Å². The second-order valence-corrected chi connectivity index (χ2v) is 5.77. The number of aromatic nitrogens is 5. The average molecular weight is 362 g/mol. The van der Waals surface area contributed by atoms with E-state index in [1.807, 2.05) is 35.1 Å². The lowest BCUT2D eigenvalue weighted by Crippen LogP contribution is -2.08. The third kappa shape index (κ3) is 3.35. The molecule has 9 heteroatoms. The number of nitrogens with one attached hydrogen (secondary N) is 2. The van der Waals surface area contributed by atoms with E-state index in [9.17, 15) is 0 Å². The van der Waals surface area contributed by atoms with Crippen molar-refractivity contribution in [3.8, 4) is 11.3 Å². The van der Waals surface area contributed by atoms with Crippen LogP contribution in [0.5, 0.6) is 0 Å². The number of nitrogens with two attached hydrogens (primary N) is 1. The highest BCUT2D eigenvalue weighted by Gasteiger charge is 2.11. The highest BCUT2D eigenvalue weighted by Crippen LogP contribution is 2.24. The minimum absolute atomic E-state index is 0.0270. The fraction of sp³-hybridized carbons (Fsp3) is 0.111. The van der Waals surface area contributed by atoms with Crippen LogP contribution in [0.15, 0.2) is 60.0 Å². The van der Waals surface area contributed by atoms with Gasteiger partial charge in [0.05, 0.1) is 35.6 Å². The quantitative estimate of drug-likeness (QED) is 0.385. The number of aliphatic imine (C=N–C) groups is 1. The van der Waals surface area contributed by atoms with Crippen molar-refractivity contribution in [2.24, 2.45) is 10.7 Å². The van der Waals surface area contributed by atoms with E-state index in [1.165, 1.54) is 6.20 Å². The van der Waals surface area contributed by atoms with Gasteiger partial charge in [0, 0.05) is 49.0 Å². The SMILES string of the molecule is NC=C(C=NCCO)Nc1nc(-c2cnc3cc[nH]c3c2)cn2ccnc12. The third-order valence-electron chi connectivity index (χ3n) is 3.97. The van der Waals surface area contributed by atoms with Crippen molar-refractivity contribution >= 4 is 28.7 Å². The van der Waals surface area contributed by atoms with E-state index in [1.54, 1.807) is 18.6 Å². The molecule has 0 aromatic carbocycles. The minimum Gasteiger partial charge on any atom is -0.403 e. The molecule has 0 bridgehead atoms. The van der Waals surface area contributed by atoms with Crippen LogP contribution < -0.4 is 11.1 Å². The van der Waals surface area contributed by atoms with Gasteiger partial charge in [0.2, 0.25) is 0 Å². The van der Waals surface area contributed by atoms with Crippen molar-refractivity contribution in [2.45, 2.75) is 0 Å². The molecule has 27 heavy (non-hydrogen) atoms. The number of aromatic amines is 1. The summed E-state index contributed by atoms with van der Waals surface area (Å²) in [5, 5.41) is 12.0. The Morgan fingerprint density at radius 3 is 3.19 bits per heavy atom. The lowest BCUT2D eigenvalue weighted by Gasteiger charge is -2.10. The first-order valence-electron chi connectivity index (χ1n) is 8.35. The zero-order valence-corrected chi connectivity index (χ0v) is 14.4. The summed E-state index contributed by atoms with van der Waals surface area (Å²) in [5.74, 6) is 0.538. The van der Waals surface area contributed by atoms with Gasteiger partial charge in [0.15, 0.2) is 11.5 Å². The molecule has 0 unspecified atom stereocenters. The number of nitrogens with zero attached hydrogens (tertiary/aromatic N) is 5. The first-order valence-corrected chi connectivity index (χ1v) is 8.35. The molecule has 0 aliphatic heterocycles. The first-order chi connectivity index (χ1) is 13.3. The standard InChI is InChI=1S/C18H18N8O/c19-8-13(10-20-4-6-27)24-17-18-22-3-5-26(18)11-16(25-17)12-7-15-14(23-9-12)1-2-21-15/h1-3,5,7-11,21,27H,4,6,19H2,(H,24,25). The molecule has 0 saturated heterocycles. The number of aliphatic hydroxyl groups is 1. The first kappa shape index (κ1) is 16.7. The van der Waals surface area contributed by atoms with Gasteiger partial charge in [-0.25, -0.2) is 9.97 Å². The molecule has 0 radical (unpaired) electrons. The molecule has 4 rings (SSSR count). The van der Waals surface area contributed by atoms with Crippen LogP contribution in [0, 0.1) is 0 Å². The highest BCUT2D eigenvalue weighted by molar-refractivity contribution is 5.85. The summed E-state index contributed by atoms with van der Waals surface area (Å²) in [7, 11) is 0. The number of fused-ring (bicyclic) bond motifs is 2. The predicted molar refractivity (Wildman–Crippen MR) is 104 cm³/mol. The Kier molecular flexibility index (Phi) is 4.50. The molecule has 0 aliphatic rings. The van der Waals surface area contributed by atoms with E-state index in [4.69, 9.17) is 15.8 Å². The van der Waals surface area contributed by atoms with Crippen molar-refractivity contribution in [2.75, 3.05) is 18.5 Å². The third-order valence-corrected chi connectivity index (χ3v) is 3.97. The summed E-state index contributed by atoms with van der Waals surface area (Å²) in [4.78, 5) is 20.7. The average Bonchev–Trinajstić information content (AvgIpc) is 3.35. The largest absolute Gasteiger partial charge is 0.403 e. The molecule has 0 aliphatic carbocycles. The summed E-state index contributed by atoms with van der Waals surface area (Å²) in [6, 6.07) is 3.92. The summed E-state index contributed by atoms with van der Waals surface area (Å²) in [6.07, 6.45) is 12.0. The van der Waals surface area contributed by atoms with Gasteiger partial charge in [-0.15, -0.1) is 0 Å². The lowest BCUT2D eigenvalue weighted by molar-refractivity contribution is 0.307. The van der Waals surface area contributed by atoms with Gasteiger partial charge in [-0.2, -0.15) is 0 Å². The Bertz CT molecular complexity index is 1140. The Labute approximate surface area is 154 Å². The highest BCUT2D eigenvalue weighted by atomic mass is 16.3. The van der Waals surface area contributed by atoms with Crippen LogP contribution in [0.3, 0.4) is 0 Å². The van der Waals surface area contributed by atoms with E-state index in [0.717, 1.165) is 22.3 Å². The molecule has 0 spiro atoms. The number of H-pyrrole nitrogens is 1. The zero-order valence-electron chi connectivity index (χ0n) is 14.4. The van der Waals surface area contributed by atoms with Crippen molar-refractivity contribution in [3.63, 3.8) is 0 Å². The number of pyridine rings is 1. The number of imidazole rings is 1. The monoisotopic (exact) mass is 362 g/mol. The second kappa shape index (κ2) is 7.26. The van der Waals surface area contributed by atoms with Gasteiger partial charge in [-0.3, -0.25) is 9.98 Å².